The Morgan fingerprint density at radius 2 is 1.72 bits per heavy atom. The molecule has 0 spiro atoms. The minimum Gasteiger partial charge on any atom is -0.357 e. The largest absolute Gasteiger partial charge is 0.357 e. The zero-order valence-corrected chi connectivity index (χ0v) is 20.5. The number of anilines is 1. The van der Waals surface area contributed by atoms with E-state index in [2.05, 4.69) is 5.32 Å². The summed E-state index contributed by atoms with van der Waals surface area (Å²) in [6.07, 6.45) is 1.46. The SMILES string of the molecule is CNC(=O)C(C)N(Cc1cccc(Cl)c1)C(=O)CCCN(c1ccc(Cl)cc1)S(C)(=O)=O. The summed E-state index contributed by atoms with van der Waals surface area (Å²) >= 11 is 11.9. The molecule has 2 aromatic carbocycles. The van der Waals surface area contributed by atoms with Crippen LogP contribution in [0.3, 0.4) is 0 Å². The summed E-state index contributed by atoms with van der Waals surface area (Å²) in [6, 6.07) is 12.8. The van der Waals surface area contributed by atoms with Crippen LogP contribution in [-0.2, 0) is 26.2 Å². The van der Waals surface area contributed by atoms with Crippen LogP contribution in [-0.4, -0.2) is 51.0 Å². The number of hydrogen-bond donors (Lipinski definition) is 1. The molecular formula is C22H27Cl2N3O4S. The molecule has 2 rings (SSSR count). The maximum atomic E-state index is 13.0. The normalized spacial score (nSPS) is 12.2. The van der Waals surface area contributed by atoms with Gasteiger partial charge >= 0.3 is 0 Å². The van der Waals surface area contributed by atoms with E-state index >= 15 is 0 Å². The molecule has 0 saturated heterocycles. The molecule has 1 atom stereocenters. The number of carbonyl (C=O) groups excluding carboxylic acids is 2. The van der Waals surface area contributed by atoms with Gasteiger partial charge in [-0.1, -0.05) is 35.3 Å². The Bertz CT molecular complexity index is 1050. The number of amides is 2. The molecule has 0 aliphatic rings. The van der Waals surface area contributed by atoms with Crippen molar-refractivity contribution in [2.75, 3.05) is 24.2 Å². The van der Waals surface area contributed by atoms with Gasteiger partial charge in [0.15, 0.2) is 0 Å². The highest BCUT2D eigenvalue weighted by Gasteiger charge is 2.26. The van der Waals surface area contributed by atoms with Gasteiger partial charge in [0.05, 0.1) is 11.9 Å². The van der Waals surface area contributed by atoms with Crippen LogP contribution in [0, 0.1) is 0 Å². The molecule has 7 nitrogen and oxygen atoms in total. The first-order chi connectivity index (χ1) is 15.0. The molecular weight excluding hydrogens is 473 g/mol. The Hall–Kier alpha value is -2.29. The molecule has 2 aromatic rings. The molecule has 0 aliphatic heterocycles. The molecule has 1 N–H and O–H groups in total. The van der Waals surface area contributed by atoms with E-state index in [4.69, 9.17) is 23.2 Å². The Labute approximate surface area is 199 Å². The van der Waals surface area contributed by atoms with Crippen molar-refractivity contribution < 1.29 is 18.0 Å². The van der Waals surface area contributed by atoms with E-state index in [9.17, 15) is 18.0 Å². The van der Waals surface area contributed by atoms with Gasteiger partial charge < -0.3 is 10.2 Å². The van der Waals surface area contributed by atoms with Gasteiger partial charge in [0.1, 0.15) is 6.04 Å². The van der Waals surface area contributed by atoms with Crippen molar-refractivity contribution in [2.45, 2.75) is 32.4 Å². The number of benzene rings is 2. The van der Waals surface area contributed by atoms with E-state index < -0.39 is 16.1 Å². The number of nitrogens with one attached hydrogen (secondary N) is 1. The zero-order valence-electron chi connectivity index (χ0n) is 18.2. The van der Waals surface area contributed by atoms with Crippen LogP contribution in [0.5, 0.6) is 0 Å². The van der Waals surface area contributed by atoms with E-state index in [1.165, 1.54) is 16.3 Å². The van der Waals surface area contributed by atoms with Gasteiger partial charge in [-0.25, -0.2) is 8.42 Å². The van der Waals surface area contributed by atoms with Crippen molar-refractivity contribution in [3.8, 4) is 0 Å². The summed E-state index contributed by atoms with van der Waals surface area (Å²) < 4.78 is 25.8. The fourth-order valence-electron chi connectivity index (χ4n) is 3.23. The summed E-state index contributed by atoms with van der Waals surface area (Å²) in [5, 5.41) is 3.59. The van der Waals surface area contributed by atoms with Crippen molar-refractivity contribution in [1.82, 2.24) is 10.2 Å². The van der Waals surface area contributed by atoms with E-state index in [1.54, 1.807) is 49.4 Å². The third-order valence-corrected chi connectivity index (χ3v) is 6.60. The molecule has 0 aliphatic carbocycles. The number of nitrogens with zero attached hydrogens (tertiary/aromatic N) is 2. The standard InChI is InChI=1S/C22H27Cl2N3O4S/c1-16(22(29)25-2)26(15-17-6-4-7-19(24)14-17)21(28)8-5-13-27(32(3,30)31)20-11-9-18(23)10-12-20/h4,6-7,9-12,14,16H,5,8,13,15H2,1-3H3,(H,25,29). The molecule has 32 heavy (non-hydrogen) atoms. The highest BCUT2D eigenvalue weighted by molar-refractivity contribution is 7.92. The average Bonchev–Trinajstić information content (AvgIpc) is 2.74. The smallest absolute Gasteiger partial charge is 0.242 e. The summed E-state index contributed by atoms with van der Waals surface area (Å²) in [6.45, 7) is 1.98. The number of likely N-dealkylation sites (N-methyl/N-ethyl adjacent to an activating group) is 1. The lowest BCUT2D eigenvalue weighted by Gasteiger charge is -2.29. The average molecular weight is 500 g/mol. The van der Waals surface area contributed by atoms with Crippen molar-refractivity contribution in [3.63, 3.8) is 0 Å². The molecule has 0 heterocycles. The Kier molecular flexibility index (Phi) is 9.36. The lowest BCUT2D eigenvalue weighted by molar-refractivity contribution is -0.140. The number of carbonyl (C=O) groups is 2. The lowest BCUT2D eigenvalue weighted by atomic mass is 10.1. The molecule has 174 valence electrons. The molecule has 2 amide bonds. The van der Waals surface area contributed by atoms with Crippen molar-refractivity contribution >= 4 is 50.7 Å². The fourth-order valence-corrected chi connectivity index (χ4v) is 4.54. The Morgan fingerprint density at radius 1 is 1.06 bits per heavy atom. The fraction of sp³-hybridized carbons (Fsp3) is 0.364. The van der Waals surface area contributed by atoms with Crippen molar-refractivity contribution in [3.05, 3.63) is 64.1 Å². The maximum absolute atomic E-state index is 13.0. The second kappa shape index (κ2) is 11.5. The van der Waals surface area contributed by atoms with E-state index in [0.717, 1.165) is 11.8 Å². The molecule has 0 bridgehead atoms. The zero-order chi connectivity index (χ0) is 23.9. The predicted molar refractivity (Wildman–Crippen MR) is 128 cm³/mol. The molecule has 0 fully saturated rings. The highest BCUT2D eigenvalue weighted by Crippen LogP contribution is 2.21. The van der Waals surface area contributed by atoms with E-state index in [0.29, 0.717) is 15.7 Å². The van der Waals surface area contributed by atoms with Crippen molar-refractivity contribution in [2.24, 2.45) is 0 Å². The predicted octanol–water partition coefficient (Wildman–Crippen LogP) is 3.70. The summed E-state index contributed by atoms with van der Waals surface area (Å²) in [5.41, 5.74) is 1.26. The first-order valence-electron chi connectivity index (χ1n) is 10.0. The quantitative estimate of drug-likeness (QED) is 0.539. The van der Waals surface area contributed by atoms with Crippen LogP contribution in [0.15, 0.2) is 48.5 Å². The Morgan fingerprint density at radius 3 is 2.28 bits per heavy atom. The van der Waals surface area contributed by atoms with Crippen LogP contribution in [0.25, 0.3) is 0 Å². The second-order valence-corrected chi connectivity index (χ2v) is 10.1. The van der Waals surface area contributed by atoms with Crippen LogP contribution < -0.4 is 9.62 Å². The minimum absolute atomic E-state index is 0.0709. The van der Waals surface area contributed by atoms with Gasteiger partial charge in [0.25, 0.3) is 0 Å². The van der Waals surface area contributed by atoms with Crippen molar-refractivity contribution in [1.29, 1.82) is 0 Å². The second-order valence-electron chi connectivity index (χ2n) is 7.36. The number of hydrogen-bond acceptors (Lipinski definition) is 4. The van der Waals surface area contributed by atoms with E-state index in [-0.39, 0.29) is 37.7 Å². The lowest BCUT2D eigenvalue weighted by Crippen LogP contribution is -2.46. The summed E-state index contributed by atoms with van der Waals surface area (Å²) in [5.74, 6) is -0.551. The monoisotopic (exact) mass is 499 g/mol. The van der Waals surface area contributed by atoms with E-state index in [1.807, 2.05) is 6.07 Å². The minimum atomic E-state index is -3.55. The topological polar surface area (TPSA) is 86.8 Å². The van der Waals surface area contributed by atoms with Gasteiger partial charge in [0, 0.05) is 36.6 Å². The summed E-state index contributed by atoms with van der Waals surface area (Å²) in [7, 11) is -2.04. The number of halogens is 2. The summed E-state index contributed by atoms with van der Waals surface area (Å²) in [4.78, 5) is 26.7. The van der Waals surface area contributed by atoms with Crippen LogP contribution in [0.4, 0.5) is 5.69 Å². The van der Waals surface area contributed by atoms with Gasteiger partial charge in [-0.3, -0.25) is 13.9 Å². The Balaban J connectivity index is 2.13. The number of sulfonamides is 1. The van der Waals surface area contributed by atoms with Gasteiger partial charge in [-0.05, 0) is 55.3 Å². The van der Waals surface area contributed by atoms with Crippen LogP contribution in [0.1, 0.15) is 25.3 Å². The molecule has 10 heteroatoms. The van der Waals surface area contributed by atoms with Gasteiger partial charge in [-0.15, -0.1) is 0 Å². The van der Waals surface area contributed by atoms with Crippen LogP contribution >= 0.6 is 23.2 Å². The molecule has 0 radical (unpaired) electrons. The molecule has 0 saturated carbocycles. The maximum Gasteiger partial charge on any atom is 0.242 e. The number of rotatable bonds is 10. The van der Waals surface area contributed by atoms with Crippen LogP contribution in [0.2, 0.25) is 10.0 Å². The van der Waals surface area contributed by atoms with Gasteiger partial charge in [-0.2, -0.15) is 0 Å². The third kappa shape index (κ3) is 7.39. The first-order valence-corrected chi connectivity index (χ1v) is 12.6. The molecule has 1 unspecified atom stereocenters. The first kappa shape index (κ1) is 26.0. The van der Waals surface area contributed by atoms with Gasteiger partial charge in [0.2, 0.25) is 21.8 Å². The highest BCUT2D eigenvalue weighted by atomic mass is 35.5. The third-order valence-electron chi connectivity index (χ3n) is 4.92. The molecule has 0 aromatic heterocycles.